The number of nitrogens with zero attached hydrogens (tertiary/aromatic N) is 2. The summed E-state index contributed by atoms with van der Waals surface area (Å²) in [6.45, 7) is 4.22. The summed E-state index contributed by atoms with van der Waals surface area (Å²) in [6.07, 6.45) is 2.33. The molecule has 5 heteroatoms. The highest BCUT2D eigenvalue weighted by atomic mass is 32.1. The third-order valence-corrected chi connectivity index (χ3v) is 6.61. The topological polar surface area (TPSA) is 68.0 Å². The average molecular weight is 366 g/mol. The number of carbonyl (C=O) groups excluding carboxylic acids is 1. The molecule has 134 valence electrons. The molecule has 0 unspecified atom stereocenters. The van der Waals surface area contributed by atoms with Crippen LogP contribution in [-0.4, -0.2) is 23.7 Å². The van der Waals surface area contributed by atoms with Crippen molar-refractivity contribution in [2.75, 3.05) is 7.05 Å². The van der Waals surface area contributed by atoms with Crippen LogP contribution in [0.3, 0.4) is 0 Å². The first-order chi connectivity index (χ1) is 12.4. The fourth-order valence-electron chi connectivity index (χ4n) is 3.77. The quantitative estimate of drug-likeness (QED) is 0.845. The molecule has 1 aliphatic heterocycles. The van der Waals surface area contributed by atoms with Crippen LogP contribution in [0.5, 0.6) is 0 Å². The van der Waals surface area contributed by atoms with Crippen LogP contribution in [0, 0.1) is 22.7 Å². The summed E-state index contributed by atoms with van der Waals surface area (Å²) < 4.78 is 0. The summed E-state index contributed by atoms with van der Waals surface area (Å²) in [5.41, 5.74) is 2.36. The third kappa shape index (κ3) is 3.06. The Morgan fingerprint density at radius 2 is 2.15 bits per heavy atom. The molecule has 1 aromatic carbocycles. The van der Waals surface area contributed by atoms with Gasteiger partial charge in [0.1, 0.15) is 5.84 Å². The fraction of sp³-hybridized carbons (Fsp3) is 0.381. The van der Waals surface area contributed by atoms with Gasteiger partial charge in [-0.2, -0.15) is 5.26 Å². The highest BCUT2D eigenvalue weighted by molar-refractivity contribution is 7.10. The molecule has 3 rings (SSSR count). The van der Waals surface area contributed by atoms with Crippen LogP contribution in [-0.2, 0) is 10.2 Å². The van der Waals surface area contributed by atoms with E-state index in [0.717, 1.165) is 28.8 Å². The molecule has 1 amide bonds. The van der Waals surface area contributed by atoms with E-state index in [0.29, 0.717) is 17.8 Å². The van der Waals surface area contributed by atoms with Crippen molar-refractivity contribution in [3.8, 4) is 17.2 Å². The average Bonchev–Trinajstić information content (AvgIpc) is 3.14. The van der Waals surface area contributed by atoms with Gasteiger partial charge in [-0.3, -0.25) is 10.2 Å². The van der Waals surface area contributed by atoms with E-state index in [9.17, 15) is 4.79 Å². The predicted octanol–water partition coefficient (Wildman–Crippen LogP) is 4.80. The second kappa shape index (κ2) is 7.05. The molecule has 2 aromatic rings. The molecule has 0 bridgehead atoms. The Balaban J connectivity index is 2.01. The van der Waals surface area contributed by atoms with E-state index < -0.39 is 0 Å². The molecule has 0 saturated carbocycles. The van der Waals surface area contributed by atoms with Crippen LogP contribution < -0.4 is 0 Å². The minimum atomic E-state index is -0.355. The second-order valence-electron chi connectivity index (χ2n) is 7.17. The first-order valence-corrected chi connectivity index (χ1v) is 9.73. The predicted molar refractivity (Wildman–Crippen MR) is 105 cm³/mol. The van der Waals surface area contributed by atoms with Crippen molar-refractivity contribution in [1.82, 2.24) is 4.90 Å². The lowest BCUT2D eigenvalue weighted by atomic mass is 9.68. The van der Waals surface area contributed by atoms with Gasteiger partial charge < -0.3 is 4.90 Å². The molecule has 2 atom stereocenters. The largest absolute Gasteiger partial charge is 0.304 e. The smallest absolute Gasteiger partial charge is 0.231 e. The normalized spacial score (nSPS) is 23.2. The second-order valence-corrected chi connectivity index (χ2v) is 8.08. The zero-order chi connectivity index (χ0) is 18.9. The number of carbonyl (C=O) groups is 1. The van der Waals surface area contributed by atoms with Gasteiger partial charge >= 0.3 is 0 Å². The lowest BCUT2D eigenvalue weighted by molar-refractivity contribution is -0.134. The van der Waals surface area contributed by atoms with Crippen LogP contribution in [0.4, 0.5) is 0 Å². The lowest BCUT2D eigenvalue weighted by Crippen LogP contribution is -2.53. The van der Waals surface area contributed by atoms with Gasteiger partial charge in [0.25, 0.3) is 0 Å². The Morgan fingerprint density at radius 1 is 1.38 bits per heavy atom. The van der Waals surface area contributed by atoms with Gasteiger partial charge in [-0.25, -0.2) is 0 Å². The Morgan fingerprint density at radius 3 is 2.85 bits per heavy atom. The van der Waals surface area contributed by atoms with Gasteiger partial charge in [-0.1, -0.05) is 32.4 Å². The molecule has 1 fully saturated rings. The van der Waals surface area contributed by atoms with E-state index in [-0.39, 0.29) is 17.2 Å². The molecule has 4 nitrogen and oxygen atoms in total. The van der Waals surface area contributed by atoms with E-state index in [1.54, 1.807) is 24.5 Å². The van der Waals surface area contributed by atoms with E-state index in [2.05, 4.69) is 31.4 Å². The minimum absolute atomic E-state index is 0.0482. The number of nitriles is 1. The zero-order valence-corrected chi connectivity index (χ0v) is 16.2. The van der Waals surface area contributed by atoms with Crippen molar-refractivity contribution in [1.29, 1.82) is 10.7 Å². The van der Waals surface area contributed by atoms with Crippen molar-refractivity contribution in [3.05, 3.63) is 46.2 Å². The maximum atomic E-state index is 12.8. The Hall–Kier alpha value is -2.45. The Bertz CT molecular complexity index is 895. The van der Waals surface area contributed by atoms with Gasteiger partial charge in [0.05, 0.1) is 11.6 Å². The van der Waals surface area contributed by atoms with Gasteiger partial charge in [-0.05, 0) is 41.1 Å². The standard InChI is InChI=1S/C21H23N3OS/c1-4-6-17-20(25)24(3)19(23)11-21(17,2)18-10-16(13-26-18)15-8-5-7-14(9-15)12-22/h5,7-10,13,17,23H,4,6,11H2,1-3H3/t17-,21-/m0/s1. The number of amidine groups is 1. The number of hydrogen-bond donors (Lipinski definition) is 1. The zero-order valence-electron chi connectivity index (χ0n) is 15.4. The molecule has 2 heterocycles. The summed E-state index contributed by atoms with van der Waals surface area (Å²) in [5.74, 6) is 0.321. The van der Waals surface area contributed by atoms with Crippen LogP contribution in [0.25, 0.3) is 11.1 Å². The summed E-state index contributed by atoms with van der Waals surface area (Å²) in [7, 11) is 1.71. The number of likely N-dealkylation sites (tertiary alicyclic amines) is 1. The number of thiophene rings is 1. The maximum Gasteiger partial charge on any atom is 0.231 e. The lowest BCUT2D eigenvalue weighted by Gasteiger charge is -2.43. The van der Waals surface area contributed by atoms with Crippen molar-refractivity contribution in [2.24, 2.45) is 5.92 Å². The summed E-state index contributed by atoms with van der Waals surface area (Å²) in [5, 5.41) is 19.5. The first kappa shape index (κ1) is 18.3. The van der Waals surface area contributed by atoms with Crippen LogP contribution in [0.2, 0.25) is 0 Å². The maximum absolute atomic E-state index is 12.8. The van der Waals surface area contributed by atoms with Gasteiger partial charge in [0.15, 0.2) is 0 Å². The minimum Gasteiger partial charge on any atom is -0.304 e. The molecule has 1 saturated heterocycles. The number of hydrogen-bond acceptors (Lipinski definition) is 4. The Labute approximate surface area is 158 Å². The fourth-order valence-corrected chi connectivity index (χ4v) is 4.91. The van der Waals surface area contributed by atoms with Crippen LogP contribution >= 0.6 is 11.3 Å². The van der Waals surface area contributed by atoms with E-state index in [4.69, 9.17) is 10.7 Å². The molecule has 1 N–H and O–H groups in total. The molecule has 0 aliphatic carbocycles. The van der Waals surface area contributed by atoms with Crippen LogP contribution in [0.1, 0.15) is 43.6 Å². The highest BCUT2D eigenvalue weighted by Crippen LogP contribution is 2.46. The molecule has 1 aliphatic rings. The van der Waals surface area contributed by atoms with Gasteiger partial charge in [-0.15, -0.1) is 11.3 Å². The van der Waals surface area contributed by atoms with Gasteiger partial charge in [0, 0.05) is 29.7 Å². The third-order valence-electron chi connectivity index (χ3n) is 5.40. The van der Waals surface area contributed by atoms with Crippen molar-refractivity contribution in [3.63, 3.8) is 0 Å². The van der Waals surface area contributed by atoms with E-state index >= 15 is 0 Å². The summed E-state index contributed by atoms with van der Waals surface area (Å²) in [6, 6.07) is 11.9. The first-order valence-electron chi connectivity index (χ1n) is 8.85. The highest BCUT2D eigenvalue weighted by Gasteiger charge is 2.47. The number of piperidine rings is 1. The molecule has 0 spiro atoms. The molecular formula is C21H23N3OS. The number of nitrogens with one attached hydrogen (secondary N) is 1. The van der Waals surface area contributed by atoms with Crippen LogP contribution in [0.15, 0.2) is 35.7 Å². The van der Waals surface area contributed by atoms with Gasteiger partial charge in [0.2, 0.25) is 5.91 Å². The van der Waals surface area contributed by atoms with Crippen molar-refractivity contribution < 1.29 is 4.79 Å². The van der Waals surface area contributed by atoms with Crippen molar-refractivity contribution >= 4 is 23.1 Å². The summed E-state index contributed by atoms with van der Waals surface area (Å²) in [4.78, 5) is 15.5. The molecule has 0 radical (unpaired) electrons. The Kier molecular flexibility index (Phi) is 4.97. The van der Waals surface area contributed by atoms with Crippen molar-refractivity contribution in [2.45, 2.75) is 38.5 Å². The van der Waals surface area contributed by atoms with E-state index in [1.165, 1.54) is 4.90 Å². The number of rotatable bonds is 4. The number of benzene rings is 1. The molecular weight excluding hydrogens is 342 g/mol. The molecule has 26 heavy (non-hydrogen) atoms. The SMILES string of the molecule is CCC[C@H]1C(=O)N(C)C(=N)C[C@]1(C)c1cc(-c2cccc(C#N)c2)cs1. The molecule has 1 aromatic heterocycles. The van der Waals surface area contributed by atoms with E-state index in [1.807, 2.05) is 18.2 Å². The number of amides is 1. The summed E-state index contributed by atoms with van der Waals surface area (Å²) >= 11 is 1.65. The monoisotopic (exact) mass is 365 g/mol.